The van der Waals surface area contributed by atoms with Crippen molar-refractivity contribution in [3.05, 3.63) is 36.0 Å². The van der Waals surface area contributed by atoms with Gasteiger partial charge >= 0.3 is 0 Å². The second kappa shape index (κ2) is 3.62. The number of aromatic nitrogens is 1. The Bertz CT molecular complexity index is 638. The van der Waals surface area contributed by atoms with E-state index in [1.807, 2.05) is 30.5 Å². The highest BCUT2D eigenvalue weighted by molar-refractivity contribution is 6.06. The van der Waals surface area contributed by atoms with E-state index in [0.29, 0.717) is 0 Å². The molecule has 2 aromatic rings. The molecule has 1 aliphatic carbocycles. The van der Waals surface area contributed by atoms with Gasteiger partial charge in [0.25, 0.3) is 5.91 Å². The van der Waals surface area contributed by atoms with Crippen molar-refractivity contribution in [2.75, 3.05) is 0 Å². The number of carbonyl (C=O) groups is 1. The Morgan fingerprint density at radius 2 is 1.84 bits per heavy atom. The van der Waals surface area contributed by atoms with Gasteiger partial charge in [0.2, 0.25) is 0 Å². The minimum atomic E-state index is 0.0221. The Kier molecular flexibility index (Phi) is 2.34. The average Bonchev–Trinajstić information content (AvgIpc) is 2.77. The summed E-state index contributed by atoms with van der Waals surface area (Å²) in [5.41, 5.74) is 2.07. The van der Waals surface area contributed by atoms with Crippen molar-refractivity contribution in [3.8, 4) is 0 Å². The highest BCUT2D eigenvalue weighted by atomic mass is 16.1. The summed E-state index contributed by atoms with van der Waals surface area (Å²) in [5.74, 6) is 0.0221. The Morgan fingerprint density at radius 1 is 1.16 bits per heavy atom. The number of H-pyrrole nitrogens is 1. The molecule has 0 aliphatic heterocycles. The van der Waals surface area contributed by atoms with Crippen LogP contribution in [0.15, 0.2) is 30.5 Å². The highest BCUT2D eigenvalue weighted by Gasteiger charge is 2.65. The maximum Gasteiger partial charge on any atom is 0.252 e. The number of fused-ring (bicyclic) bond motifs is 1. The van der Waals surface area contributed by atoms with Crippen LogP contribution in [0.4, 0.5) is 0 Å². The van der Waals surface area contributed by atoms with Gasteiger partial charge in [-0.25, -0.2) is 0 Å². The van der Waals surface area contributed by atoms with Crippen LogP contribution in [0.1, 0.15) is 38.1 Å². The van der Waals surface area contributed by atoms with Crippen LogP contribution in [0.2, 0.25) is 0 Å². The van der Waals surface area contributed by atoms with Crippen LogP contribution >= 0.6 is 0 Å². The number of carbonyl (C=O) groups excluding carboxylic acids is 1. The predicted octanol–water partition coefficient (Wildman–Crippen LogP) is 3.33. The third kappa shape index (κ3) is 1.61. The number of hydrogen-bond donors (Lipinski definition) is 2. The molecule has 1 fully saturated rings. The van der Waals surface area contributed by atoms with Crippen molar-refractivity contribution in [1.29, 1.82) is 0 Å². The lowest BCUT2D eigenvalue weighted by molar-refractivity contribution is 0.0945. The van der Waals surface area contributed by atoms with Crippen LogP contribution in [0.25, 0.3) is 10.9 Å². The molecule has 0 atom stereocenters. The molecule has 0 unspecified atom stereocenters. The van der Waals surface area contributed by atoms with Gasteiger partial charge in [-0.2, -0.15) is 0 Å². The summed E-state index contributed by atoms with van der Waals surface area (Å²) >= 11 is 0. The molecule has 1 heterocycles. The van der Waals surface area contributed by atoms with Crippen LogP contribution in [0.3, 0.4) is 0 Å². The first-order chi connectivity index (χ1) is 8.85. The zero-order valence-electron chi connectivity index (χ0n) is 11.9. The maximum atomic E-state index is 12.5. The third-order valence-electron chi connectivity index (χ3n) is 5.14. The zero-order chi connectivity index (χ0) is 13.8. The quantitative estimate of drug-likeness (QED) is 0.850. The van der Waals surface area contributed by atoms with Gasteiger partial charge in [0.15, 0.2) is 0 Å². The number of amides is 1. The monoisotopic (exact) mass is 256 g/mol. The van der Waals surface area contributed by atoms with Crippen LogP contribution in [-0.2, 0) is 0 Å². The minimum Gasteiger partial charge on any atom is -0.361 e. The van der Waals surface area contributed by atoms with E-state index in [4.69, 9.17) is 0 Å². The van der Waals surface area contributed by atoms with Gasteiger partial charge in [-0.1, -0.05) is 33.8 Å². The Balaban J connectivity index is 1.88. The average molecular weight is 256 g/mol. The van der Waals surface area contributed by atoms with E-state index in [0.717, 1.165) is 16.5 Å². The summed E-state index contributed by atoms with van der Waals surface area (Å²) in [6, 6.07) is 7.97. The molecule has 1 saturated carbocycles. The summed E-state index contributed by atoms with van der Waals surface area (Å²) in [6.45, 7) is 8.81. The molecule has 3 nitrogen and oxygen atoms in total. The van der Waals surface area contributed by atoms with E-state index in [-0.39, 0.29) is 22.8 Å². The molecule has 1 aliphatic rings. The first-order valence-electron chi connectivity index (χ1n) is 6.72. The molecule has 19 heavy (non-hydrogen) atoms. The molecule has 0 spiro atoms. The molecule has 0 bridgehead atoms. The van der Waals surface area contributed by atoms with Crippen molar-refractivity contribution >= 4 is 16.8 Å². The molecule has 1 aromatic carbocycles. The second-order valence-corrected chi connectivity index (χ2v) is 6.59. The molecule has 0 saturated heterocycles. The molecular weight excluding hydrogens is 236 g/mol. The summed E-state index contributed by atoms with van der Waals surface area (Å²) in [6.07, 6.45) is 1.87. The topological polar surface area (TPSA) is 44.9 Å². The predicted molar refractivity (Wildman–Crippen MR) is 77.1 cm³/mol. The highest BCUT2D eigenvalue weighted by Crippen LogP contribution is 2.62. The largest absolute Gasteiger partial charge is 0.361 e. The molecule has 3 heteroatoms. The fourth-order valence-electron chi connectivity index (χ4n) is 3.05. The van der Waals surface area contributed by atoms with Gasteiger partial charge in [-0.05, 0) is 29.0 Å². The molecule has 3 rings (SSSR count). The van der Waals surface area contributed by atoms with Crippen LogP contribution in [0, 0.1) is 10.8 Å². The standard InChI is InChI=1S/C16H20N2O/c1-15(2)14(16(15,3)4)18-13(19)11-6-5-7-12-10(11)8-9-17-12/h5-9,14,17H,1-4H3,(H,18,19). The second-order valence-electron chi connectivity index (χ2n) is 6.59. The number of benzene rings is 1. The van der Waals surface area contributed by atoms with Gasteiger partial charge in [-0.15, -0.1) is 0 Å². The van der Waals surface area contributed by atoms with Crippen molar-refractivity contribution in [1.82, 2.24) is 10.3 Å². The van der Waals surface area contributed by atoms with E-state index in [1.165, 1.54) is 0 Å². The van der Waals surface area contributed by atoms with Crippen LogP contribution in [0.5, 0.6) is 0 Å². The molecular formula is C16H20N2O. The first kappa shape index (κ1) is 12.3. The summed E-state index contributed by atoms with van der Waals surface area (Å²) in [7, 11) is 0. The number of hydrogen-bond acceptors (Lipinski definition) is 1. The summed E-state index contributed by atoms with van der Waals surface area (Å²) in [4.78, 5) is 15.6. The maximum absolute atomic E-state index is 12.5. The lowest BCUT2D eigenvalue weighted by Gasteiger charge is -2.08. The van der Waals surface area contributed by atoms with E-state index in [9.17, 15) is 4.79 Å². The van der Waals surface area contributed by atoms with Crippen LogP contribution < -0.4 is 5.32 Å². The van der Waals surface area contributed by atoms with Crippen molar-refractivity contribution < 1.29 is 4.79 Å². The van der Waals surface area contributed by atoms with E-state index in [2.05, 4.69) is 38.0 Å². The molecule has 0 radical (unpaired) electrons. The molecule has 100 valence electrons. The third-order valence-corrected chi connectivity index (χ3v) is 5.14. The van der Waals surface area contributed by atoms with Crippen molar-refractivity contribution in [2.24, 2.45) is 10.8 Å². The zero-order valence-corrected chi connectivity index (χ0v) is 11.9. The minimum absolute atomic E-state index is 0.0221. The Hall–Kier alpha value is -1.77. The van der Waals surface area contributed by atoms with E-state index < -0.39 is 0 Å². The molecule has 1 amide bonds. The lowest BCUT2D eigenvalue weighted by atomic mass is 10.0. The Labute approximate surface area is 113 Å². The van der Waals surface area contributed by atoms with Crippen molar-refractivity contribution in [2.45, 2.75) is 33.7 Å². The lowest BCUT2D eigenvalue weighted by Crippen LogP contribution is -2.29. The summed E-state index contributed by atoms with van der Waals surface area (Å²) in [5, 5.41) is 4.16. The van der Waals surface area contributed by atoms with Gasteiger partial charge in [0.05, 0.1) is 0 Å². The van der Waals surface area contributed by atoms with E-state index in [1.54, 1.807) is 0 Å². The fourth-order valence-corrected chi connectivity index (χ4v) is 3.05. The van der Waals surface area contributed by atoms with Gasteiger partial charge in [-0.3, -0.25) is 4.79 Å². The number of rotatable bonds is 2. The first-order valence-corrected chi connectivity index (χ1v) is 6.72. The SMILES string of the molecule is CC1(C)C(NC(=O)c2cccc3[nH]ccc23)C1(C)C. The van der Waals surface area contributed by atoms with Gasteiger partial charge in [0.1, 0.15) is 0 Å². The molecule has 1 aromatic heterocycles. The fraction of sp³-hybridized carbons (Fsp3) is 0.438. The normalized spacial score (nSPS) is 20.4. The van der Waals surface area contributed by atoms with Gasteiger partial charge < -0.3 is 10.3 Å². The molecule has 2 N–H and O–H groups in total. The Morgan fingerprint density at radius 3 is 2.47 bits per heavy atom. The van der Waals surface area contributed by atoms with Crippen LogP contribution in [-0.4, -0.2) is 16.9 Å². The van der Waals surface area contributed by atoms with Gasteiger partial charge in [0, 0.05) is 28.7 Å². The number of nitrogens with one attached hydrogen (secondary N) is 2. The smallest absolute Gasteiger partial charge is 0.252 e. The van der Waals surface area contributed by atoms with E-state index >= 15 is 0 Å². The van der Waals surface area contributed by atoms with Crippen molar-refractivity contribution in [3.63, 3.8) is 0 Å². The summed E-state index contributed by atoms with van der Waals surface area (Å²) < 4.78 is 0. The number of aromatic amines is 1.